The number of rotatable bonds is 4. The smallest absolute Gasteiger partial charge is 0.377 e. The molecule has 6 nitrogen and oxygen atoms in total. The Morgan fingerprint density at radius 3 is 2.11 bits per heavy atom. The van der Waals surface area contributed by atoms with Crippen molar-refractivity contribution in [1.82, 2.24) is 0 Å². The van der Waals surface area contributed by atoms with Gasteiger partial charge >= 0.3 is 10.3 Å². The summed E-state index contributed by atoms with van der Waals surface area (Å²) in [4.78, 5) is 2.18. The fraction of sp³-hybridized carbons (Fsp3) is 0. The molecule has 0 aromatic heterocycles. The summed E-state index contributed by atoms with van der Waals surface area (Å²) in [5.41, 5.74) is 10.0. The summed E-state index contributed by atoms with van der Waals surface area (Å²) < 4.78 is 29.4. The molecule has 0 amide bonds. The largest absolute Gasteiger partial charge is 0.403 e. The van der Waals surface area contributed by atoms with Crippen LogP contribution in [0.3, 0.4) is 0 Å². The summed E-state index contributed by atoms with van der Waals surface area (Å²) in [6.45, 7) is 0. The van der Waals surface area contributed by atoms with Gasteiger partial charge in [0.2, 0.25) is 0 Å². The van der Waals surface area contributed by atoms with Gasteiger partial charge < -0.3 is 4.18 Å². The number of nitrogens with zero attached hydrogens (tertiary/aromatic N) is 3. The van der Waals surface area contributed by atoms with E-state index in [1.165, 1.54) is 12.1 Å². The lowest BCUT2D eigenvalue weighted by Crippen LogP contribution is -2.03. The first-order valence-electron chi connectivity index (χ1n) is 5.27. The predicted molar refractivity (Wildman–Crippen MR) is 70.6 cm³/mol. The molecule has 0 atom stereocenters. The fourth-order valence-corrected chi connectivity index (χ4v) is 1.99. The van der Waals surface area contributed by atoms with Gasteiger partial charge in [0.15, 0.2) is 0 Å². The molecule has 0 N–H and O–H groups in total. The lowest BCUT2D eigenvalue weighted by molar-refractivity contribution is 0.487. The first-order valence-corrected chi connectivity index (χ1v) is 6.63. The normalized spacial score (nSPS) is 10.5. The van der Waals surface area contributed by atoms with Crippen molar-refractivity contribution in [2.24, 2.45) is 4.52 Å². The molecular formula is C12H9N3O3S. The topological polar surface area (TPSA) is 92.1 Å². The van der Waals surface area contributed by atoms with Crippen molar-refractivity contribution in [1.29, 1.82) is 0 Å². The number of benzene rings is 2. The van der Waals surface area contributed by atoms with Crippen LogP contribution in [0.25, 0.3) is 21.6 Å². The molecule has 0 aliphatic heterocycles. The zero-order valence-corrected chi connectivity index (χ0v) is 10.5. The highest BCUT2D eigenvalue weighted by atomic mass is 32.2. The van der Waals surface area contributed by atoms with Crippen molar-refractivity contribution in [2.45, 2.75) is 0 Å². The third-order valence-corrected chi connectivity index (χ3v) is 2.98. The van der Waals surface area contributed by atoms with E-state index in [-0.39, 0.29) is 5.75 Å². The van der Waals surface area contributed by atoms with Gasteiger partial charge in [-0.25, -0.2) is 0 Å². The van der Waals surface area contributed by atoms with Crippen LogP contribution in [0.1, 0.15) is 0 Å². The second-order valence-corrected chi connectivity index (χ2v) is 4.76. The predicted octanol–water partition coefficient (Wildman–Crippen LogP) is 3.29. The molecule has 2 aromatic rings. The number of azide groups is 1. The molecule has 0 unspecified atom stereocenters. The molecule has 0 aliphatic carbocycles. The van der Waals surface area contributed by atoms with Crippen LogP contribution in [-0.4, -0.2) is 8.42 Å². The first kappa shape index (κ1) is 12.9. The van der Waals surface area contributed by atoms with E-state index < -0.39 is 10.3 Å². The monoisotopic (exact) mass is 275 g/mol. The average Bonchev–Trinajstić information content (AvgIpc) is 2.40. The van der Waals surface area contributed by atoms with Crippen LogP contribution < -0.4 is 4.18 Å². The Hall–Kier alpha value is -2.50. The van der Waals surface area contributed by atoms with Crippen molar-refractivity contribution in [3.8, 4) is 16.9 Å². The van der Waals surface area contributed by atoms with E-state index in [0.29, 0.717) is 0 Å². The van der Waals surface area contributed by atoms with Crippen molar-refractivity contribution in [3.63, 3.8) is 0 Å². The second-order valence-electron chi connectivity index (χ2n) is 3.57. The molecule has 2 aromatic carbocycles. The van der Waals surface area contributed by atoms with Gasteiger partial charge in [-0.2, -0.15) is 8.42 Å². The fourth-order valence-electron chi connectivity index (χ4n) is 1.52. The third kappa shape index (κ3) is 3.48. The van der Waals surface area contributed by atoms with Gasteiger partial charge in [-0.05, 0) is 28.8 Å². The van der Waals surface area contributed by atoms with Crippen LogP contribution in [0.2, 0.25) is 0 Å². The van der Waals surface area contributed by atoms with Crippen LogP contribution >= 0.6 is 0 Å². The van der Waals surface area contributed by atoms with E-state index >= 15 is 0 Å². The minimum absolute atomic E-state index is 0.0899. The molecule has 0 bridgehead atoms. The second kappa shape index (κ2) is 5.43. The number of hydrogen-bond acceptors (Lipinski definition) is 3. The van der Waals surface area contributed by atoms with Crippen LogP contribution in [0.4, 0.5) is 0 Å². The molecule has 0 saturated heterocycles. The molecule has 0 saturated carbocycles. The highest BCUT2D eigenvalue weighted by molar-refractivity contribution is 7.85. The van der Waals surface area contributed by atoms with E-state index in [9.17, 15) is 8.42 Å². The van der Waals surface area contributed by atoms with Gasteiger partial charge in [0.05, 0.1) is 4.52 Å². The molecule has 7 heteroatoms. The molecule has 0 radical (unpaired) electrons. The minimum Gasteiger partial charge on any atom is -0.377 e. The van der Waals surface area contributed by atoms with Crippen LogP contribution in [-0.2, 0) is 10.3 Å². The summed E-state index contributed by atoms with van der Waals surface area (Å²) in [6.07, 6.45) is 0. The molecule has 0 heterocycles. The van der Waals surface area contributed by atoms with Crippen molar-refractivity contribution in [2.75, 3.05) is 0 Å². The Bertz CT molecular complexity index is 706. The standard InChI is InChI=1S/C12H9N3O3S/c13-14-15-19(16,17)18-12-8-6-11(7-9-12)10-4-2-1-3-5-10/h1-9H. The summed E-state index contributed by atoms with van der Waals surface area (Å²) >= 11 is 0. The maximum Gasteiger partial charge on any atom is 0.403 e. The maximum atomic E-state index is 11.1. The Balaban J connectivity index is 2.23. The van der Waals surface area contributed by atoms with Gasteiger partial charge in [0.25, 0.3) is 0 Å². The van der Waals surface area contributed by atoms with Crippen LogP contribution in [0, 0.1) is 0 Å². The Morgan fingerprint density at radius 1 is 0.947 bits per heavy atom. The lowest BCUT2D eigenvalue weighted by atomic mass is 10.1. The highest BCUT2D eigenvalue weighted by Gasteiger charge is 2.09. The van der Waals surface area contributed by atoms with Gasteiger partial charge in [-0.15, -0.1) is 0 Å². The summed E-state index contributed by atoms with van der Waals surface area (Å²) in [5, 5.41) is 0. The van der Waals surface area contributed by atoms with E-state index in [0.717, 1.165) is 11.1 Å². The van der Waals surface area contributed by atoms with Crippen molar-refractivity contribution < 1.29 is 12.6 Å². The van der Waals surface area contributed by atoms with Crippen LogP contribution in [0.15, 0.2) is 59.1 Å². The number of hydrogen-bond donors (Lipinski definition) is 0. The van der Waals surface area contributed by atoms with E-state index in [1.807, 2.05) is 30.3 Å². The van der Waals surface area contributed by atoms with Crippen molar-refractivity contribution in [3.05, 3.63) is 65.0 Å². The third-order valence-electron chi connectivity index (χ3n) is 2.30. The van der Waals surface area contributed by atoms with E-state index in [1.54, 1.807) is 12.1 Å². The average molecular weight is 275 g/mol. The zero-order chi connectivity index (χ0) is 13.7. The quantitative estimate of drug-likeness (QED) is 0.487. The molecular weight excluding hydrogens is 266 g/mol. The van der Waals surface area contributed by atoms with E-state index in [4.69, 9.17) is 5.53 Å². The van der Waals surface area contributed by atoms with Gasteiger partial charge in [0.1, 0.15) is 5.75 Å². The zero-order valence-electron chi connectivity index (χ0n) is 9.67. The van der Waals surface area contributed by atoms with Crippen molar-refractivity contribution >= 4 is 10.3 Å². The molecule has 0 spiro atoms. The molecule has 19 heavy (non-hydrogen) atoms. The molecule has 96 valence electrons. The van der Waals surface area contributed by atoms with Gasteiger partial charge in [-0.3, -0.25) is 0 Å². The summed E-state index contributed by atoms with van der Waals surface area (Å²) in [7, 11) is -4.25. The maximum absolute atomic E-state index is 11.1. The van der Waals surface area contributed by atoms with Crippen LogP contribution in [0.5, 0.6) is 5.75 Å². The molecule has 0 fully saturated rings. The highest BCUT2D eigenvalue weighted by Crippen LogP contribution is 2.22. The minimum atomic E-state index is -4.25. The Kier molecular flexibility index (Phi) is 3.70. The SMILES string of the molecule is [N-]=[N+]=NS(=O)(=O)Oc1ccc(-c2ccccc2)cc1. The Morgan fingerprint density at radius 2 is 1.53 bits per heavy atom. The molecule has 0 aliphatic rings. The summed E-state index contributed by atoms with van der Waals surface area (Å²) in [5.74, 6) is 0.0899. The Labute approximate surface area is 110 Å². The first-order chi connectivity index (χ1) is 9.11. The lowest BCUT2D eigenvalue weighted by Gasteiger charge is -2.04. The van der Waals surface area contributed by atoms with E-state index in [2.05, 4.69) is 13.6 Å². The van der Waals surface area contributed by atoms with Gasteiger partial charge in [-0.1, -0.05) is 42.5 Å². The molecule has 2 rings (SSSR count). The van der Waals surface area contributed by atoms with Gasteiger partial charge in [0, 0.05) is 4.91 Å². The summed E-state index contributed by atoms with van der Waals surface area (Å²) in [6, 6.07) is 16.0.